The maximum absolute atomic E-state index is 12.6. The van der Waals surface area contributed by atoms with Gasteiger partial charge in [0.15, 0.2) is 0 Å². The van der Waals surface area contributed by atoms with Crippen LogP contribution >= 0.6 is 11.6 Å². The van der Waals surface area contributed by atoms with Gasteiger partial charge in [-0.15, -0.1) is 0 Å². The molecule has 0 spiro atoms. The molecule has 1 heterocycles. The molecule has 0 saturated heterocycles. The van der Waals surface area contributed by atoms with Crippen LogP contribution in [0.4, 0.5) is 17.2 Å². The van der Waals surface area contributed by atoms with Crippen LogP contribution in [0.25, 0.3) is 0 Å². The van der Waals surface area contributed by atoms with E-state index >= 15 is 0 Å². The molecule has 0 aliphatic rings. The number of carbonyl (C=O) groups is 1. The van der Waals surface area contributed by atoms with Gasteiger partial charge in [-0.3, -0.25) is 4.79 Å². The molecule has 0 bridgehead atoms. The van der Waals surface area contributed by atoms with Crippen LogP contribution in [0, 0.1) is 13.8 Å². The third-order valence-electron chi connectivity index (χ3n) is 4.01. The summed E-state index contributed by atoms with van der Waals surface area (Å²) in [6.45, 7) is 4.08. The smallest absolute Gasteiger partial charge is 0.259 e. The Bertz CT molecular complexity index is 907. The molecule has 0 unspecified atom stereocenters. The zero-order chi connectivity index (χ0) is 17.8. The molecule has 2 N–H and O–H groups in total. The summed E-state index contributed by atoms with van der Waals surface area (Å²) in [5.74, 6) is 0.283. The predicted octanol–water partition coefficient (Wildman–Crippen LogP) is 5.35. The molecular weight excluding hydrogens is 334 g/mol. The second-order valence-electron chi connectivity index (χ2n) is 5.73. The lowest BCUT2D eigenvalue weighted by atomic mass is 10.1. The van der Waals surface area contributed by atoms with E-state index in [0.29, 0.717) is 22.1 Å². The second kappa shape index (κ2) is 7.36. The second-order valence-corrected chi connectivity index (χ2v) is 6.17. The van der Waals surface area contributed by atoms with Gasteiger partial charge in [0.2, 0.25) is 0 Å². The zero-order valence-electron chi connectivity index (χ0n) is 14.0. The number of nitrogens with one attached hydrogen (secondary N) is 2. The van der Waals surface area contributed by atoms with Crippen LogP contribution in [-0.2, 0) is 0 Å². The lowest BCUT2D eigenvalue weighted by Crippen LogP contribution is -2.14. The Balaban J connectivity index is 1.86. The van der Waals surface area contributed by atoms with Crippen LogP contribution in [-0.4, -0.2) is 10.9 Å². The van der Waals surface area contributed by atoms with E-state index in [2.05, 4.69) is 15.6 Å². The summed E-state index contributed by atoms with van der Waals surface area (Å²) >= 11 is 5.88. The number of anilines is 3. The summed E-state index contributed by atoms with van der Waals surface area (Å²) < 4.78 is 0. The summed E-state index contributed by atoms with van der Waals surface area (Å²) in [7, 11) is 0. The first-order chi connectivity index (χ1) is 12.0. The van der Waals surface area contributed by atoms with Crippen LogP contribution in [0.1, 0.15) is 21.5 Å². The van der Waals surface area contributed by atoms with Crippen LogP contribution in [0.15, 0.2) is 60.8 Å². The fourth-order valence-corrected chi connectivity index (χ4v) is 2.56. The number of benzene rings is 2. The molecule has 0 atom stereocenters. The van der Waals surface area contributed by atoms with E-state index in [1.54, 1.807) is 42.6 Å². The number of pyridine rings is 1. The standard InChI is InChI=1S/C20H18ClN3O/c1-13-5-3-7-18(14(13)2)24-19-17(6-4-12-22-19)20(25)23-16-10-8-15(21)9-11-16/h3-12H,1-2H3,(H,22,24)(H,23,25). The molecule has 0 saturated carbocycles. The van der Waals surface area contributed by atoms with E-state index < -0.39 is 0 Å². The number of hydrogen-bond donors (Lipinski definition) is 2. The number of nitrogens with zero attached hydrogens (tertiary/aromatic N) is 1. The number of hydrogen-bond acceptors (Lipinski definition) is 3. The highest BCUT2D eigenvalue weighted by Gasteiger charge is 2.13. The van der Waals surface area contributed by atoms with Crippen molar-refractivity contribution in [3.63, 3.8) is 0 Å². The SMILES string of the molecule is Cc1cccc(Nc2ncccc2C(=O)Nc2ccc(Cl)cc2)c1C. The van der Waals surface area contributed by atoms with Gasteiger partial charge in [-0.25, -0.2) is 4.98 Å². The molecule has 0 aliphatic heterocycles. The third kappa shape index (κ3) is 3.98. The Labute approximate surface area is 151 Å². The molecule has 5 heteroatoms. The van der Waals surface area contributed by atoms with Crippen molar-refractivity contribution in [2.24, 2.45) is 0 Å². The Kier molecular flexibility index (Phi) is 5.00. The number of aryl methyl sites for hydroxylation is 1. The Hall–Kier alpha value is -2.85. The van der Waals surface area contributed by atoms with Crippen molar-refractivity contribution < 1.29 is 4.79 Å². The molecule has 1 aromatic heterocycles. The van der Waals surface area contributed by atoms with Crippen molar-refractivity contribution in [1.29, 1.82) is 0 Å². The number of carbonyl (C=O) groups excluding carboxylic acids is 1. The Morgan fingerprint density at radius 3 is 2.52 bits per heavy atom. The van der Waals surface area contributed by atoms with Gasteiger partial charge in [0.1, 0.15) is 5.82 Å². The average molecular weight is 352 g/mol. The Morgan fingerprint density at radius 1 is 1.00 bits per heavy atom. The molecule has 0 aliphatic carbocycles. The lowest BCUT2D eigenvalue weighted by Gasteiger charge is -2.14. The Morgan fingerprint density at radius 2 is 1.76 bits per heavy atom. The molecule has 126 valence electrons. The van der Waals surface area contributed by atoms with Crippen molar-refractivity contribution in [3.8, 4) is 0 Å². The van der Waals surface area contributed by atoms with E-state index in [9.17, 15) is 4.79 Å². The first kappa shape index (κ1) is 17.0. The van der Waals surface area contributed by atoms with E-state index in [-0.39, 0.29) is 5.91 Å². The minimum absolute atomic E-state index is 0.233. The van der Waals surface area contributed by atoms with Crippen molar-refractivity contribution in [1.82, 2.24) is 4.98 Å². The number of aromatic nitrogens is 1. The van der Waals surface area contributed by atoms with Gasteiger partial charge in [-0.1, -0.05) is 23.7 Å². The van der Waals surface area contributed by atoms with Gasteiger partial charge in [0.05, 0.1) is 5.56 Å². The summed E-state index contributed by atoms with van der Waals surface area (Å²) in [5, 5.41) is 6.75. The number of rotatable bonds is 4. The average Bonchev–Trinajstić information content (AvgIpc) is 2.61. The fourth-order valence-electron chi connectivity index (χ4n) is 2.43. The highest BCUT2D eigenvalue weighted by atomic mass is 35.5. The molecular formula is C20H18ClN3O. The van der Waals surface area contributed by atoms with Gasteiger partial charge in [0.25, 0.3) is 5.91 Å². The highest BCUT2D eigenvalue weighted by Crippen LogP contribution is 2.24. The van der Waals surface area contributed by atoms with E-state index in [1.165, 1.54) is 5.56 Å². The summed E-state index contributed by atoms with van der Waals surface area (Å²) in [5.41, 5.74) is 4.37. The maximum Gasteiger partial charge on any atom is 0.259 e. The molecule has 3 rings (SSSR count). The molecule has 25 heavy (non-hydrogen) atoms. The van der Waals surface area contributed by atoms with E-state index in [4.69, 9.17) is 11.6 Å². The van der Waals surface area contributed by atoms with Gasteiger partial charge < -0.3 is 10.6 Å². The monoisotopic (exact) mass is 351 g/mol. The molecule has 0 radical (unpaired) electrons. The summed E-state index contributed by atoms with van der Waals surface area (Å²) in [4.78, 5) is 17.0. The maximum atomic E-state index is 12.6. The van der Waals surface area contributed by atoms with Crippen molar-refractivity contribution in [3.05, 3.63) is 82.5 Å². The first-order valence-electron chi connectivity index (χ1n) is 7.90. The first-order valence-corrected chi connectivity index (χ1v) is 8.27. The highest BCUT2D eigenvalue weighted by molar-refractivity contribution is 6.30. The predicted molar refractivity (Wildman–Crippen MR) is 103 cm³/mol. The molecule has 3 aromatic rings. The minimum Gasteiger partial charge on any atom is -0.339 e. The van der Waals surface area contributed by atoms with Gasteiger partial charge in [-0.2, -0.15) is 0 Å². The van der Waals surface area contributed by atoms with Gasteiger partial charge in [-0.05, 0) is 67.4 Å². The van der Waals surface area contributed by atoms with E-state index in [1.807, 2.05) is 32.0 Å². The summed E-state index contributed by atoms with van der Waals surface area (Å²) in [6.07, 6.45) is 1.66. The molecule has 0 fully saturated rings. The van der Waals surface area contributed by atoms with Crippen molar-refractivity contribution in [2.45, 2.75) is 13.8 Å². The molecule has 1 amide bonds. The van der Waals surface area contributed by atoms with Crippen molar-refractivity contribution in [2.75, 3.05) is 10.6 Å². The minimum atomic E-state index is -0.233. The summed E-state index contributed by atoms with van der Waals surface area (Å²) in [6, 6.07) is 16.5. The zero-order valence-corrected chi connectivity index (χ0v) is 14.8. The van der Waals surface area contributed by atoms with Crippen LogP contribution in [0.2, 0.25) is 5.02 Å². The number of halogens is 1. The molecule has 2 aromatic carbocycles. The topological polar surface area (TPSA) is 54.0 Å². The largest absolute Gasteiger partial charge is 0.339 e. The normalized spacial score (nSPS) is 10.4. The fraction of sp³-hybridized carbons (Fsp3) is 0.100. The third-order valence-corrected chi connectivity index (χ3v) is 4.26. The van der Waals surface area contributed by atoms with Crippen molar-refractivity contribution >= 4 is 34.7 Å². The van der Waals surface area contributed by atoms with Crippen LogP contribution < -0.4 is 10.6 Å². The van der Waals surface area contributed by atoms with Crippen LogP contribution in [0.3, 0.4) is 0 Å². The number of amides is 1. The lowest BCUT2D eigenvalue weighted by molar-refractivity contribution is 0.102. The van der Waals surface area contributed by atoms with Gasteiger partial charge in [0, 0.05) is 22.6 Å². The molecule has 4 nitrogen and oxygen atoms in total. The quantitative estimate of drug-likeness (QED) is 0.666. The van der Waals surface area contributed by atoms with Crippen LogP contribution in [0.5, 0.6) is 0 Å². The van der Waals surface area contributed by atoms with E-state index in [0.717, 1.165) is 11.3 Å². The van der Waals surface area contributed by atoms with Gasteiger partial charge >= 0.3 is 0 Å².